The Kier molecular flexibility index (Phi) is 4.27. The second kappa shape index (κ2) is 6.07. The van der Waals surface area contributed by atoms with Gasteiger partial charge in [0.25, 0.3) is 11.1 Å². The fraction of sp³-hybridized carbons (Fsp3) is 0.125. The molecular formula is C16H12Cl2N2O2S. The van der Waals surface area contributed by atoms with Gasteiger partial charge in [0, 0.05) is 16.4 Å². The number of aryl methyl sites for hydroxylation is 1. The van der Waals surface area contributed by atoms with Gasteiger partial charge in [-0.25, -0.2) is 0 Å². The van der Waals surface area contributed by atoms with E-state index in [9.17, 15) is 9.59 Å². The Hall–Kier alpha value is -1.69. The smallest absolute Gasteiger partial charge is 0.290 e. The summed E-state index contributed by atoms with van der Waals surface area (Å²) in [5.74, 6) is -0.366. The van der Waals surface area contributed by atoms with Crippen LogP contribution in [0, 0.1) is 13.8 Å². The number of carbonyl (C=O) groups excluding carboxylic acids is 2. The predicted octanol–water partition coefficient (Wildman–Crippen LogP) is 4.72. The Labute approximate surface area is 147 Å². The van der Waals surface area contributed by atoms with E-state index in [4.69, 9.17) is 23.2 Å². The molecule has 2 heterocycles. The number of carbonyl (C=O) groups is 2. The van der Waals surface area contributed by atoms with E-state index < -0.39 is 0 Å². The molecule has 1 saturated heterocycles. The van der Waals surface area contributed by atoms with Gasteiger partial charge in [-0.15, -0.1) is 0 Å². The Morgan fingerprint density at radius 3 is 2.52 bits per heavy atom. The van der Waals surface area contributed by atoms with E-state index in [-0.39, 0.29) is 11.1 Å². The first kappa shape index (κ1) is 16.2. The van der Waals surface area contributed by atoms with Crippen molar-refractivity contribution in [3.8, 4) is 5.69 Å². The number of nitrogens with one attached hydrogen (secondary N) is 1. The van der Waals surface area contributed by atoms with Gasteiger partial charge in [-0.1, -0.05) is 23.2 Å². The molecule has 1 aromatic carbocycles. The SMILES string of the molecule is Cc1cc(/C=C2\SC(=O)NC2=O)c(C)n1-c1ccc(Cl)cc1Cl. The summed E-state index contributed by atoms with van der Waals surface area (Å²) in [6, 6.07) is 7.26. The van der Waals surface area contributed by atoms with Crippen LogP contribution in [-0.4, -0.2) is 15.7 Å². The molecular weight excluding hydrogens is 355 g/mol. The highest BCUT2D eigenvalue weighted by molar-refractivity contribution is 8.18. The van der Waals surface area contributed by atoms with Crippen LogP contribution in [0.25, 0.3) is 11.8 Å². The van der Waals surface area contributed by atoms with Crippen LogP contribution in [0.15, 0.2) is 29.2 Å². The van der Waals surface area contributed by atoms with Gasteiger partial charge >= 0.3 is 0 Å². The van der Waals surface area contributed by atoms with E-state index in [0.717, 1.165) is 34.4 Å². The second-order valence-corrected chi connectivity index (χ2v) is 6.97. The monoisotopic (exact) mass is 366 g/mol. The number of thioether (sulfide) groups is 1. The lowest BCUT2D eigenvalue weighted by atomic mass is 10.2. The fourth-order valence-corrected chi connectivity index (χ4v) is 3.70. The summed E-state index contributed by atoms with van der Waals surface area (Å²) < 4.78 is 1.99. The summed E-state index contributed by atoms with van der Waals surface area (Å²) in [6.07, 6.45) is 1.72. The van der Waals surface area contributed by atoms with Gasteiger partial charge in [0.2, 0.25) is 0 Å². The third-order valence-corrected chi connectivity index (χ3v) is 4.90. The number of rotatable bonds is 2. The minimum atomic E-state index is -0.366. The molecule has 1 aliphatic rings. The molecule has 0 bridgehead atoms. The lowest BCUT2D eigenvalue weighted by Gasteiger charge is -2.12. The molecule has 118 valence electrons. The van der Waals surface area contributed by atoms with Crippen molar-refractivity contribution in [3.05, 3.63) is 56.2 Å². The van der Waals surface area contributed by atoms with Gasteiger partial charge in [0.05, 0.1) is 15.6 Å². The van der Waals surface area contributed by atoms with E-state index in [1.54, 1.807) is 18.2 Å². The summed E-state index contributed by atoms with van der Waals surface area (Å²) in [5.41, 5.74) is 3.57. The number of imide groups is 1. The standard InChI is InChI=1S/C16H12Cl2N2O2S/c1-8-5-10(6-14-15(21)19-16(22)23-14)9(2)20(8)13-4-3-11(17)7-12(13)18/h3-7H,1-2H3,(H,19,21,22)/b14-6-. The normalized spacial score (nSPS) is 16.3. The Bertz CT molecular complexity index is 871. The second-order valence-electron chi connectivity index (χ2n) is 5.11. The average molecular weight is 367 g/mol. The zero-order chi connectivity index (χ0) is 16.7. The maximum Gasteiger partial charge on any atom is 0.290 e. The zero-order valence-electron chi connectivity index (χ0n) is 12.3. The molecule has 1 N–H and O–H groups in total. The molecule has 3 rings (SSSR count). The first-order valence-electron chi connectivity index (χ1n) is 6.76. The van der Waals surface area contributed by atoms with Crippen LogP contribution in [-0.2, 0) is 4.79 Å². The number of hydrogen-bond acceptors (Lipinski definition) is 3. The van der Waals surface area contributed by atoms with Gasteiger partial charge in [-0.3, -0.25) is 14.9 Å². The molecule has 2 aromatic rings. The molecule has 0 spiro atoms. The largest absolute Gasteiger partial charge is 0.316 e. The molecule has 0 saturated carbocycles. The van der Waals surface area contributed by atoms with Crippen LogP contribution in [0.4, 0.5) is 4.79 Å². The lowest BCUT2D eigenvalue weighted by molar-refractivity contribution is -0.115. The Balaban J connectivity index is 2.08. The molecule has 0 unspecified atom stereocenters. The van der Waals surface area contributed by atoms with Crippen molar-refractivity contribution in [1.29, 1.82) is 0 Å². The minimum absolute atomic E-state index is 0.351. The van der Waals surface area contributed by atoms with Crippen molar-refractivity contribution in [2.45, 2.75) is 13.8 Å². The fourth-order valence-electron chi connectivity index (χ4n) is 2.53. The van der Waals surface area contributed by atoms with Crippen LogP contribution in [0.1, 0.15) is 17.0 Å². The summed E-state index contributed by atoms with van der Waals surface area (Å²) >= 11 is 13.1. The molecule has 7 heteroatoms. The van der Waals surface area contributed by atoms with E-state index in [2.05, 4.69) is 5.32 Å². The zero-order valence-corrected chi connectivity index (χ0v) is 14.6. The van der Waals surface area contributed by atoms with Gasteiger partial charge in [0.1, 0.15) is 0 Å². The minimum Gasteiger partial charge on any atom is -0.316 e. The molecule has 2 amide bonds. The summed E-state index contributed by atoms with van der Waals surface area (Å²) in [6.45, 7) is 3.89. The number of hydrogen-bond donors (Lipinski definition) is 1. The highest BCUT2D eigenvalue weighted by Crippen LogP contribution is 2.31. The molecule has 0 radical (unpaired) electrons. The first-order chi connectivity index (χ1) is 10.9. The van der Waals surface area contributed by atoms with Crippen molar-refractivity contribution in [1.82, 2.24) is 9.88 Å². The Morgan fingerprint density at radius 1 is 1.17 bits per heavy atom. The summed E-state index contributed by atoms with van der Waals surface area (Å²) in [7, 11) is 0. The molecule has 0 aliphatic carbocycles. The predicted molar refractivity (Wildman–Crippen MR) is 94.4 cm³/mol. The first-order valence-corrected chi connectivity index (χ1v) is 8.33. The lowest BCUT2D eigenvalue weighted by Crippen LogP contribution is -2.17. The number of halogens is 2. The quantitative estimate of drug-likeness (QED) is 0.781. The van der Waals surface area contributed by atoms with Gasteiger partial charge in [-0.05, 0) is 61.5 Å². The maximum atomic E-state index is 11.7. The molecule has 4 nitrogen and oxygen atoms in total. The number of nitrogens with zero attached hydrogens (tertiary/aromatic N) is 1. The van der Waals surface area contributed by atoms with E-state index >= 15 is 0 Å². The third-order valence-electron chi connectivity index (χ3n) is 3.55. The number of aromatic nitrogens is 1. The summed E-state index contributed by atoms with van der Waals surface area (Å²) in [4.78, 5) is 23.3. The van der Waals surface area contributed by atoms with Crippen molar-refractivity contribution in [2.24, 2.45) is 0 Å². The topological polar surface area (TPSA) is 51.1 Å². The van der Waals surface area contributed by atoms with E-state index in [1.807, 2.05) is 30.5 Å². The van der Waals surface area contributed by atoms with E-state index in [0.29, 0.717) is 15.0 Å². The van der Waals surface area contributed by atoms with Crippen LogP contribution < -0.4 is 5.32 Å². The molecule has 1 aromatic heterocycles. The van der Waals surface area contributed by atoms with Crippen molar-refractivity contribution >= 4 is 52.2 Å². The maximum absolute atomic E-state index is 11.7. The molecule has 1 fully saturated rings. The highest BCUT2D eigenvalue weighted by atomic mass is 35.5. The van der Waals surface area contributed by atoms with Crippen LogP contribution in [0.2, 0.25) is 10.0 Å². The van der Waals surface area contributed by atoms with Crippen LogP contribution >= 0.6 is 35.0 Å². The van der Waals surface area contributed by atoms with Crippen LogP contribution in [0.5, 0.6) is 0 Å². The number of benzene rings is 1. The van der Waals surface area contributed by atoms with Crippen molar-refractivity contribution in [3.63, 3.8) is 0 Å². The third kappa shape index (κ3) is 3.04. The van der Waals surface area contributed by atoms with Gasteiger partial charge < -0.3 is 4.57 Å². The number of amides is 2. The van der Waals surface area contributed by atoms with Crippen molar-refractivity contribution < 1.29 is 9.59 Å². The van der Waals surface area contributed by atoms with Gasteiger partial charge in [0.15, 0.2) is 0 Å². The van der Waals surface area contributed by atoms with E-state index in [1.165, 1.54) is 0 Å². The van der Waals surface area contributed by atoms with Crippen LogP contribution in [0.3, 0.4) is 0 Å². The molecule has 23 heavy (non-hydrogen) atoms. The molecule has 1 aliphatic heterocycles. The summed E-state index contributed by atoms with van der Waals surface area (Å²) in [5, 5.41) is 3.01. The molecule has 0 atom stereocenters. The van der Waals surface area contributed by atoms with Crippen molar-refractivity contribution in [2.75, 3.05) is 0 Å². The highest BCUT2D eigenvalue weighted by Gasteiger charge is 2.25. The average Bonchev–Trinajstić information content (AvgIpc) is 2.91. The Morgan fingerprint density at radius 2 is 1.91 bits per heavy atom. The van der Waals surface area contributed by atoms with Gasteiger partial charge in [-0.2, -0.15) is 0 Å².